The van der Waals surface area contributed by atoms with Crippen LogP contribution in [-0.2, 0) is 6.54 Å². The molecule has 1 fully saturated rings. The number of rotatable bonds is 7. The van der Waals surface area contributed by atoms with Gasteiger partial charge < -0.3 is 15.1 Å². The molecule has 3 N–H and O–H groups in total. The lowest BCUT2D eigenvalue weighted by molar-refractivity contribution is 0.332. The van der Waals surface area contributed by atoms with Crippen LogP contribution in [0.5, 0.6) is 0 Å². The van der Waals surface area contributed by atoms with E-state index in [1.54, 1.807) is 13.3 Å². The van der Waals surface area contributed by atoms with Crippen LogP contribution in [0.4, 0.5) is 0 Å². The minimum absolute atomic E-state index is 0. The van der Waals surface area contributed by atoms with Gasteiger partial charge in [0.15, 0.2) is 11.7 Å². The predicted octanol–water partition coefficient (Wildman–Crippen LogP) is 3.71. The minimum atomic E-state index is 0. The van der Waals surface area contributed by atoms with E-state index in [1.807, 2.05) is 12.1 Å². The molecule has 1 aliphatic carbocycles. The van der Waals surface area contributed by atoms with Crippen molar-refractivity contribution < 1.29 is 4.42 Å². The second kappa shape index (κ2) is 11.2. The monoisotopic (exact) mass is 472 g/mol. The molecule has 0 radical (unpaired) electrons. The summed E-state index contributed by atoms with van der Waals surface area (Å²) in [6, 6.07) is 3.66. The van der Waals surface area contributed by atoms with E-state index in [2.05, 4.69) is 30.8 Å². The van der Waals surface area contributed by atoms with E-state index in [-0.39, 0.29) is 24.0 Å². The quantitative estimate of drug-likeness (QED) is 0.247. The summed E-state index contributed by atoms with van der Waals surface area (Å²) < 4.78 is 5.29. The number of H-pyrrole nitrogens is 1. The first-order valence-electron chi connectivity index (χ1n) is 9.25. The second-order valence-electron chi connectivity index (χ2n) is 6.58. The Balaban J connectivity index is 0.00000243. The molecule has 0 saturated heterocycles. The van der Waals surface area contributed by atoms with Crippen LogP contribution < -0.4 is 10.6 Å². The summed E-state index contributed by atoms with van der Waals surface area (Å²) in [5.41, 5.74) is 0. The molecule has 0 atom stereocenters. The van der Waals surface area contributed by atoms with E-state index in [9.17, 15) is 0 Å². The van der Waals surface area contributed by atoms with Gasteiger partial charge in [-0.05, 0) is 30.9 Å². The third-order valence-electron chi connectivity index (χ3n) is 4.73. The maximum atomic E-state index is 5.29. The van der Waals surface area contributed by atoms with Gasteiger partial charge in [-0.15, -0.1) is 29.1 Å². The third kappa shape index (κ3) is 6.30. The lowest BCUT2D eigenvalue weighted by atomic mass is 9.86. The fourth-order valence-electron chi connectivity index (χ4n) is 3.35. The molecule has 0 aliphatic heterocycles. The van der Waals surface area contributed by atoms with Crippen molar-refractivity contribution in [2.24, 2.45) is 10.9 Å². The Morgan fingerprint density at radius 1 is 1.31 bits per heavy atom. The van der Waals surface area contributed by atoms with Crippen LogP contribution in [-0.4, -0.2) is 34.7 Å². The Morgan fingerprint density at radius 2 is 2.15 bits per heavy atom. The molecule has 2 aromatic rings. The van der Waals surface area contributed by atoms with Crippen molar-refractivity contribution in [1.29, 1.82) is 0 Å². The fraction of sp³-hybridized carbons (Fsp3) is 0.611. The van der Waals surface area contributed by atoms with E-state index in [4.69, 9.17) is 4.42 Å². The number of furan rings is 1. The molecule has 1 saturated carbocycles. The molecule has 0 aromatic carbocycles. The molecular formula is C18H29IN6O. The smallest absolute Gasteiger partial charge is 0.216 e. The summed E-state index contributed by atoms with van der Waals surface area (Å²) >= 11 is 0. The molecule has 3 rings (SSSR count). The number of nitrogens with one attached hydrogen (secondary N) is 3. The van der Waals surface area contributed by atoms with Gasteiger partial charge in [0.2, 0.25) is 5.82 Å². The molecule has 144 valence electrons. The maximum Gasteiger partial charge on any atom is 0.216 e. The molecule has 1 aliphatic rings. The molecular weight excluding hydrogens is 443 g/mol. The molecule has 8 heteroatoms. The summed E-state index contributed by atoms with van der Waals surface area (Å²) in [5.74, 6) is 3.70. The SMILES string of the molecule is CN=C(NCCCC1CCCCC1)NCc1nc(-c2ccco2)n[nH]1.I. The summed E-state index contributed by atoms with van der Waals surface area (Å²) in [4.78, 5) is 8.67. The van der Waals surface area contributed by atoms with E-state index in [0.717, 1.165) is 24.2 Å². The molecule has 0 amide bonds. The van der Waals surface area contributed by atoms with Gasteiger partial charge in [-0.3, -0.25) is 10.1 Å². The topological polar surface area (TPSA) is 91.1 Å². The Bertz CT molecular complexity index is 648. The molecule has 0 spiro atoms. The first-order valence-corrected chi connectivity index (χ1v) is 9.25. The van der Waals surface area contributed by atoms with Crippen LogP contribution in [0.3, 0.4) is 0 Å². The molecule has 2 heterocycles. The highest BCUT2D eigenvalue weighted by atomic mass is 127. The van der Waals surface area contributed by atoms with Crippen molar-refractivity contribution >= 4 is 29.9 Å². The van der Waals surface area contributed by atoms with Crippen molar-refractivity contribution in [2.45, 2.75) is 51.5 Å². The average molecular weight is 472 g/mol. The third-order valence-corrected chi connectivity index (χ3v) is 4.73. The Kier molecular flexibility index (Phi) is 8.93. The highest BCUT2D eigenvalue weighted by Gasteiger charge is 2.13. The summed E-state index contributed by atoms with van der Waals surface area (Å²) in [6.07, 6.45) is 11.2. The molecule has 26 heavy (non-hydrogen) atoms. The fourth-order valence-corrected chi connectivity index (χ4v) is 3.35. The number of hydrogen-bond donors (Lipinski definition) is 3. The van der Waals surface area contributed by atoms with Crippen LogP contribution in [0.2, 0.25) is 0 Å². The van der Waals surface area contributed by atoms with Crippen molar-refractivity contribution in [1.82, 2.24) is 25.8 Å². The van der Waals surface area contributed by atoms with Gasteiger partial charge in [0.05, 0.1) is 12.8 Å². The normalized spacial score (nSPS) is 15.5. The Labute approximate surface area is 171 Å². The number of guanidine groups is 1. The van der Waals surface area contributed by atoms with E-state index in [1.165, 1.54) is 44.9 Å². The number of nitrogens with zero attached hydrogens (tertiary/aromatic N) is 3. The summed E-state index contributed by atoms with van der Waals surface area (Å²) in [7, 11) is 1.78. The van der Waals surface area contributed by atoms with Crippen LogP contribution in [0.1, 0.15) is 50.8 Å². The zero-order chi connectivity index (χ0) is 17.3. The van der Waals surface area contributed by atoms with Crippen molar-refractivity contribution in [3.8, 4) is 11.6 Å². The summed E-state index contributed by atoms with van der Waals surface area (Å²) in [5, 5.41) is 13.7. The highest BCUT2D eigenvalue weighted by Crippen LogP contribution is 2.26. The minimum Gasteiger partial charge on any atom is -0.461 e. The number of aliphatic imine (C=N–C) groups is 1. The van der Waals surface area contributed by atoms with Crippen LogP contribution in [0, 0.1) is 5.92 Å². The number of halogens is 1. The summed E-state index contributed by atoms with van der Waals surface area (Å²) in [6.45, 7) is 1.49. The van der Waals surface area contributed by atoms with Crippen LogP contribution >= 0.6 is 24.0 Å². The first-order chi connectivity index (χ1) is 12.3. The zero-order valence-corrected chi connectivity index (χ0v) is 17.7. The zero-order valence-electron chi connectivity index (χ0n) is 15.3. The van der Waals surface area contributed by atoms with Gasteiger partial charge in [0, 0.05) is 13.6 Å². The van der Waals surface area contributed by atoms with Crippen molar-refractivity contribution in [3.05, 3.63) is 24.2 Å². The predicted molar refractivity (Wildman–Crippen MR) is 114 cm³/mol. The van der Waals surface area contributed by atoms with Gasteiger partial charge in [0.1, 0.15) is 5.82 Å². The molecule has 0 bridgehead atoms. The van der Waals surface area contributed by atoms with E-state index < -0.39 is 0 Å². The lowest BCUT2D eigenvalue weighted by Crippen LogP contribution is -2.37. The second-order valence-corrected chi connectivity index (χ2v) is 6.58. The van der Waals surface area contributed by atoms with E-state index in [0.29, 0.717) is 18.1 Å². The van der Waals surface area contributed by atoms with Crippen molar-refractivity contribution in [2.75, 3.05) is 13.6 Å². The maximum absolute atomic E-state index is 5.29. The van der Waals surface area contributed by atoms with Crippen LogP contribution in [0.15, 0.2) is 27.8 Å². The number of aromatic nitrogens is 3. The van der Waals surface area contributed by atoms with Gasteiger partial charge in [-0.2, -0.15) is 0 Å². The molecule has 7 nitrogen and oxygen atoms in total. The van der Waals surface area contributed by atoms with Crippen LogP contribution in [0.25, 0.3) is 11.6 Å². The standard InChI is InChI=1S/C18H28N6O.HI/c1-19-18(20-11-5-9-14-7-3-2-4-8-14)21-13-16-22-17(24-23-16)15-10-6-12-25-15;/h6,10,12,14H,2-5,7-9,11,13H2,1H3,(H2,19,20,21)(H,22,23,24);1H. The largest absolute Gasteiger partial charge is 0.461 e. The Morgan fingerprint density at radius 3 is 2.88 bits per heavy atom. The highest BCUT2D eigenvalue weighted by molar-refractivity contribution is 14.0. The molecule has 0 unspecified atom stereocenters. The van der Waals surface area contributed by atoms with Gasteiger partial charge in [-0.25, -0.2) is 4.98 Å². The first kappa shape index (κ1) is 20.7. The van der Waals surface area contributed by atoms with E-state index >= 15 is 0 Å². The van der Waals surface area contributed by atoms with Gasteiger partial charge >= 0.3 is 0 Å². The number of aromatic amines is 1. The average Bonchev–Trinajstić information content (AvgIpc) is 3.33. The lowest BCUT2D eigenvalue weighted by Gasteiger charge is -2.21. The van der Waals surface area contributed by atoms with Crippen molar-refractivity contribution in [3.63, 3.8) is 0 Å². The number of hydrogen-bond acceptors (Lipinski definition) is 4. The Hall–Kier alpha value is -1.58. The van der Waals surface area contributed by atoms with Gasteiger partial charge in [0.25, 0.3) is 0 Å². The molecule has 2 aromatic heterocycles. The van der Waals surface area contributed by atoms with Gasteiger partial charge in [-0.1, -0.05) is 32.1 Å².